The fourth-order valence-electron chi connectivity index (χ4n) is 1.82. The number of amides is 1. The van der Waals surface area contributed by atoms with Crippen LogP contribution in [0.15, 0.2) is 24.3 Å². The Labute approximate surface area is 107 Å². The molecule has 4 nitrogen and oxygen atoms in total. The number of hydrogen-bond donors (Lipinski definition) is 1. The van der Waals surface area contributed by atoms with E-state index < -0.39 is 0 Å². The lowest BCUT2D eigenvalue weighted by Crippen LogP contribution is -2.49. The number of carbonyl (C=O) groups is 1. The highest BCUT2D eigenvalue weighted by Crippen LogP contribution is 2.25. The summed E-state index contributed by atoms with van der Waals surface area (Å²) >= 11 is 0. The van der Waals surface area contributed by atoms with Gasteiger partial charge in [-0.05, 0) is 17.5 Å². The average Bonchev–Trinajstić information content (AvgIpc) is 2.31. The molecule has 0 saturated carbocycles. The van der Waals surface area contributed by atoms with Gasteiger partial charge in [0, 0.05) is 0 Å². The van der Waals surface area contributed by atoms with Crippen LogP contribution >= 0.6 is 0 Å². The Morgan fingerprint density at radius 2 is 2.17 bits per heavy atom. The second-order valence-corrected chi connectivity index (χ2v) is 4.78. The van der Waals surface area contributed by atoms with Gasteiger partial charge in [-0.2, -0.15) is 0 Å². The van der Waals surface area contributed by atoms with Crippen LogP contribution in [-0.2, 0) is 9.53 Å². The largest absolute Gasteiger partial charge is 0.483 e. The van der Waals surface area contributed by atoms with Crippen LogP contribution in [-0.4, -0.2) is 31.8 Å². The molecule has 0 atom stereocenters. The highest BCUT2D eigenvalue weighted by atomic mass is 16.5. The molecule has 98 valence electrons. The number of benzene rings is 1. The number of rotatable bonds is 5. The zero-order chi connectivity index (χ0) is 13.0. The maximum absolute atomic E-state index is 11.6. The molecule has 2 rings (SSSR count). The first-order chi connectivity index (χ1) is 8.66. The molecule has 1 aromatic carbocycles. The van der Waals surface area contributed by atoms with Gasteiger partial charge in [-0.1, -0.05) is 32.0 Å². The van der Waals surface area contributed by atoms with E-state index in [4.69, 9.17) is 9.47 Å². The summed E-state index contributed by atoms with van der Waals surface area (Å²) in [4.78, 5) is 11.6. The monoisotopic (exact) mass is 249 g/mol. The van der Waals surface area contributed by atoms with Gasteiger partial charge < -0.3 is 14.8 Å². The number of para-hydroxylation sites is 1. The molecule has 1 aromatic rings. The van der Waals surface area contributed by atoms with E-state index in [1.165, 1.54) is 0 Å². The minimum atomic E-state index is -0.0955. The summed E-state index contributed by atoms with van der Waals surface area (Å²) in [5.74, 6) is 1.07. The third kappa shape index (κ3) is 3.23. The zero-order valence-electron chi connectivity index (χ0n) is 10.8. The van der Waals surface area contributed by atoms with Crippen LogP contribution in [0.25, 0.3) is 0 Å². The van der Waals surface area contributed by atoms with E-state index in [9.17, 15) is 4.79 Å². The lowest BCUT2D eigenvalue weighted by atomic mass is 10.0. The van der Waals surface area contributed by atoms with Crippen LogP contribution in [0.4, 0.5) is 0 Å². The lowest BCUT2D eigenvalue weighted by molar-refractivity contribution is -0.127. The average molecular weight is 249 g/mol. The number of carbonyl (C=O) groups excluding carboxylic acids is 1. The van der Waals surface area contributed by atoms with Crippen LogP contribution in [0.1, 0.15) is 25.3 Å². The molecule has 0 radical (unpaired) electrons. The third-order valence-electron chi connectivity index (χ3n) is 2.90. The fraction of sp³-hybridized carbons (Fsp3) is 0.500. The highest BCUT2D eigenvalue weighted by Gasteiger charge is 2.20. The van der Waals surface area contributed by atoms with Crippen LogP contribution in [0.2, 0.25) is 0 Å². The van der Waals surface area contributed by atoms with Crippen LogP contribution in [0.5, 0.6) is 5.75 Å². The minimum Gasteiger partial charge on any atom is -0.483 e. The van der Waals surface area contributed by atoms with Crippen molar-refractivity contribution in [3.05, 3.63) is 29.8 Å². The van der Waals surface area contributed by atoms with Crippen molar-refractivity contribution in [1.82, 2.24) is 5.32 Å². The summed E-state index contributed by atoms with van der Waals surface area (Å²) in [5.41, 5.74) is 1.12. The first-order valence-electron chi connectivity index (χ1n) is 6.25. The summed E-state index contributed by atoms with van der Waals surface area (Å²) in [6, 6.07) is 7.97. The Morgan fingerprint density at radius 3 is 2.78 bits per heavy atom. The summed E-state index contributed by atoms with van der Waals surface area (Å²) in [5, 5.41) is 2.85. The molecular weight excluding hydrogens is 230 g/mol. The summed E-state index contributed by atoms with van der Waals surface area (Å²) < 4.78 is 10.6. The van der Waals surface area contributed by atoms with E-state index in [0.29, 0.717) is 19.1 Å². The van der Waals surface area contributed by atoms with Crippen molar-refractivity contribution in [3.63, 3.8) is 0 Å². The molecule has 18 heavy (non-hydrogen) atoms. The molecule has 1 saturated heterocycles. The first-order valence-corrected chi connectivity index (χ1v) is 6.25. The lowest BCUT2D eigenvalue weighted by Gasteiger charge is -2.26. The molecule has 0 spiro atoms. The second-order valence-electron chi connectivity index (χ2n) is 4.78. The number of nitrogens with one attached hydrogen (secondary N) is 1. The van der Waals surface area contributed by atoms with Gasteiger partial charge in [-0.25, -0.2) is 0 Å². The third-order valence-corrected chi connectivity index (χ3v) is 2.90. The quantitative estimate of drug-likeness (QED) is 0.864. The molecule has 0 bridgehead atoms. The first kappa shape index (κ1) is 12.9. The normalized spacial score (nSPS) is 15.3. The molecule has 0 aliphatic carbocycles. The maximum Gasteiger partial charge on any atom is 0.258 e. The molecule has 1 N–H and O–H groups in total. The molecule has 1 aliphatic heterocycles. The second kappa shape index (κ2) is 5.87. The van der Waals surface area contributed by atoms with Crippen molar-refractivity contribution >= 4 is 5.91 Å². The molecular formula is C14H19NO3. The van der Waals surface area contributed by atoms with Gasteiger partial charge in [0.15, 0.2) is 6.61 Å². The van der Waals surface area contributed by atoms with Crippen molar-refractivity contribution in [2.24, 2.45) is 0 Å². The molecule has 1 fully saturated rings. The van der Waals surface area contributed by atoms with Gasteiger partial charge in [0.05, 0.1) is 19.3 Å². The van der Waals surface area contributed by atoms with Gasteiger partial charge in [0.1, 0.15) is 5.75 Å². The Kier molecular flexibility index (Phi) is 4.20. The molecule has 1 aliphatic rings. The molecule has 1 amide bonds. The van der Waals surface area contributed by atoms with E-state index in [2.05, 4.69) is 19.2 Å². The Hall–Kier alpha value is -1.55. The Bertz CT molecular complexity index is 413. The van der Waals surface area contributed by atoms with Gasteiger partial charge in [-0.15, -0.1) is 0 Å². The van der Waals surface area contributed by atoms with E-state index in [1.807, 2.05) is 24.3 Å². The van der Waals surface area contributed by atoms with Crippen molar-refractivity contribution < 1.29 is 14.3 Å². The topological polar surface area (TPSA) is 47.6 Å². The number of hydrogen-bond acceptors (Lipinski definition) is 3. The van der Waals surface area contributed by atoms with Gasteiger partial charge in [-0.3, -0.25) is 4.79 Å². The van der Waals surface area contributed by atoms with Crippen LogP contribution < -0.4 is 10.1 Å². The number of ether oxygens (including phenoxy) is 2. The standard InChI is InChI=1S/C14H19NO3/c1-10(2)12-5-3-4-6-13(12)18-9-14(16)15-11-7-17-8-11/h3-6,10-11H,7-9H2,1-2H3,(H,15,16). The van der Waals surface area contributed by atoms with Gasteiger partial charge >= 0.3 is 0 Å². The predicted molar refractivity (Wildman–Crippen MR) is 68.8 cm³/mol. The summed E-state index contributed by atoms with van der Waals surface area (Å²) in [6.07, 6.45) is 0. The molecule has 0 unspecified atom stereocenters. The highest BCUT2D eigenvalue weighted by molar-refractivity contribution is 5.78. The minimum absolute atomic E-state index is 0.0558. The van der Waals surface area contributed by atoms with Gasteiger partial charge in [0.2, 0.25) is 0 Å². The Balaban J connectivity index is 1.87. The van der Waals surface area contributed by atoms with E-state index in [1.54, 1.807) is 0 Å². The smallest absolute Gasteiger partial charge is 0.258 e. The van der Waals surface area contributed by atoms with Gasteiger partial charge in [0.25, 0.3) is 5.91 Å². The summed E-state index contributed by atoms with van der Waals surface area (Å²) in [7, 11) is 0. The fourth-order valence-corrected chi connectivity index (χ4v) is 1.82. The molecule has 1 heterocycles. The zero-order valence-corrected chi connectivity index (χ0v) is 10.8. The van der Waals surface area contributed by atoms with Crippen molar-refractivity contribution in [2.45, 2.75) is 25.8 Å². The van der Waals surface area contributed by atoms with Crippen LogP contribution in [0, 0.1) is 0 Å². The van der Waals surface area contributed by atoms with E-state index in [-0.39, 0.29) is 18.6 Å². The van der Waals surface area contributed by atoms with Crippen molar-refractivity contribution in [3.8, 4) is 5.75 Å². The van der Waals surface area contributed by atoms with Crippen molar-refractivity contribution in [1.29, 1.82) is 0 Å². The summed E-state index contributed by atoms with van der Waals surface area (Å²) in [6.45, 7) is 5.48. The SMILES string of the molecule is CC(C)c1ccccc1OCC(=O)NC1COC1. The predicted octanol–water partition coefficient (Wildman–Crippen LogP) is 1.70. The molecule has 4 heteroatoms. The van der Waals surface area contributed by atoms with Crippen molar-refractivity contribution in [2.75, 3.05) is 19.8 Å². The Morgan fingerprint density at radius 1 is 1.44 bits per heavy atom. The van der Waals surface area contributed by atoms with E-state index in [0.717, 1.165) is 11.3 Å². The van der Waals surface area contributed by atoms with E-state index >= 15 is 0 Å². The van der Waals surface area contributed by atoms with Crippen LogP contribution in [0.3, 0.4) is 0 Å². The maximum atomic E-state index is 11.6. The molecule has 0 aromatic heterocycles.